The van der Waals surface area contributed by atoms with Gasteiger partial charge >= 0.3 is 0 Å². The number of hydrogen-bond acceptors (Lipinski definition) is 3. The highest BCUT2D eigenvalue weighted by Gasteiger charge is 2.12. The largest absolute Gasteiger partial charge is 0.352 e. The van der Waals surface area contributed by atoms with Crippen LogP contribution < -0.4 is 5.32 Å². The van der Waals surface area contributed by atoms with Crippen molar-refractivity contribution >= 4 is 16.7 Å². The van der Waals surface area contributed by atoms with E-state index in [1.807, 2.05) is 36.4 Å². The lowest BCUT2D eigenvalue weighted by molar-refractivity contribution is 0.0952. The van der Waals surface area contributed by atoms with Crippen LogP contribution in [0.4, 0.5) is 0 Å². The van der Waals surface area contributed by atoms with Gasteiger partial charge in [-0.2, -0.15) is 0 Å². The zero-order valence-electron chi connectivity index (χ0n) is 14.5. The Hall–Kier alpha value is -1.91. The van der Waals surface area contributed by atoms with Gasteiger partial charge in [-0.1, -0.05) is 30.3 Å². The molecule has 0 aromatic heterocycles. The normalized spacial score (nSPS) is 16.4. The van der Waals surface area contributed by atoms with Crippen LogP contribution in [0, 0.1) is 0 Å². The Kier molecular flexibility index (Phi) is 5.83. The summed E-state index contributed by atoms with van der Waals surface area (Å²) >= 11 is 0. The Labute approximate surface area is 144 Å². The Balaban J connectivity index is 1.39. The second-order valence-electron chi connectivity index (χ2n) is 6.67. The fourth-order valence-corrected chi connectivity index (χ4v) is 3.17. The molecule has 0 bridgehead atoms. The molecule has 0 saturated carbocycles. The van der Waals surface area contributed by atoms with Crippen LogP contribution in [0.15, 0.2) is 42.5 Å². The molecule has 1 N–H and O–H groups in total. The molecule has 1 heterocycles. The molecule has 0 atom stereocenters. The van der Waals surface area contributed by atoms with Crippen molar-refractivity contribution in [2.24, 2.45) is 0 Å². The minimum absolute atomic E-state index is 0.0281. The molecule has 1 aliphatic heterocycles. The predicted molar refractivity (Wildman–Crippen MR) is 99.5 cm³/mol. The van der Waals surface area contributed by atoms with E-state index in [9.17, 15) is 4.79 Å². The van der Waals surface area contributed by atoms with E-state index in [0.29, 0.717) is 0 Å². The summed E-state index contributed by atoms with van der Waals surface area (Å²) in [5, 5.41) is 5.32. The standard InChI is InChI=1S/C20H27N3O/c1-22-12-14-23(15-13-22)11-5-4-10-21-20(24)19-9-8-17-6-2-3-7-18(17)16-19/h2-3,6-9,16H,4-5,10-15H2,1H3,(H,21,24). The van der Waals surface area contributed by atoms with Crippen LogP contribution >= 0.6 is 0 Å². The van der Waals surface area contributed by atoms with Gasteiger partial charge in [0.05, 0.1) is 0 Å². The van der Waals surface area contributed by atoms with E-state index in [4.69, 9.17) is 0 Å². The molecule has 1 aliphatic rings. The Morgan fingerprint density at radius 2 is 1.75 bits per heavy atom. The number of rotatable bonds is 6. The first kappa shape index (κ1) is 16.9. The van der Waals surface area contributed by atoms with Gasteiger partial charge < -0.3 is 15.1 Å². The number of nitrogens with zero attached hydrogens (tertiary/aromatic N) is 2. The SMILES string of the molecule is CN1CCN(CCCCNC(=O)c2ccc3ccccc3c2)CC1. The summed E-state index contributed by atoms with van der Waals surface area (Å²) in [5.41, 5.74) is 0.743. The number of carbonyl (C=O) groups is 1. The van der Waals surface area contributed by atoms with Crippen LogP contribution in [0.25, 0.3) is 10.8 Å². The third-order valence-electron chi connectivity index (χ3n) is 4.79. The van der Waals surface area contributed by atoms with Crippen molar-refractivity contribution in [2.75, 3.05) is 46.3 Å². The highest BCUT2D eigenvalue weighted by atomic mass is 16.1. The summed E-state index contributed by atoms with van der Waals surface area (Å²) in [6.07, 6.45) is 2.17. The molecule has 1 amide bonds. The molecule has 0 spiro atoms. The Bertz CT molecular complexity index is 677. The lowest BCUT2D eigenvalue weighted by atomic mass is 10.1. The molecule has 2 aromatic rings. The first-order valence-corrected chi connectivity index (χ1v) is 8.90. The number of amides is 1. The van der Waals surface area contributed by atoms with Crippen molar-refractivity contribution in [3.8, 4) is 0 Å². The fraction of sp³-hybridized carbons (Fsp3) is 0.450. The summed E-state index contributed by atoms with van der Waals surface area (Å²) in [5.74, 6) is 0.0281. The topological polar surface area (TPSA) is 35.6 Å². The highest BCUT2D eigenvalue weighted by molar-refractivity contribution is 5.98. The smallest absolute Gasteiger partial charge is 0.251 e. The minimum Gasteiger partial charge on any atom is -0.352 e. The van der Waals surface area contributed by atoms with Crippen LogP contribution in [0.2, 0.25) is 0 Å². The van der Waals surface area contributed by atoms with Crippen LogP contribution in [0.5, 0.6) is 0 Å². The number of likely N-dealkylation sites (N-methyl/N-ethyl adjacent to an activating group) is 1. The quantitative estimate of drug-likeness (QED) is 0.829. The van der Waals surface area contributed by atoms with Gasteiger partial charge in [-0.15, -0.1) is 0 Å². The number of fused-ring (bicyclic) bond motifs is 1. The van der Waals surface area contributed by atoms with Crippen molar-refractivity contribution in [3.63, 3.8) is 0 Å². The Morgan fingerprint density at radius 3 is 2.54 bits per heavy atom. The molecule has 0 aliphatic carbocycles. The summed E-state index contributed by atoms with van der Waals surface area (Å²) in [6.45, 7) is 6.55. The monoisotopic (exact) mass is 325 g/mol. The molecular weight excluding hydrogens is 298 g/mol. The van der Waals surface area contributed by atoms with E-state index < -0.39 is 0 Å². The second-order valence-corrected chi connectivity index (χ2v) is 6.67. The van der Waals surface area contributed by atoms with Crippen LogP contribution in [-0.4, -0.2) is 62.0 Å². The van der Waals surface area contributed by atoms with Crippen molar-refractivity contribution < 1.29 is 4.79 Å². The maximum Gasteiger partial charge on any atom is 0.251 e. The summed E-state index contributed by atoms with van der Waals surface area (Å²) in [7, 11) is 2.18. The molecule has 4 nitrogen and oxygen atoms in total. The van der Waals surface area contributed by atoms with E-state index in [1.165, 1.54) is 31.6 Å². The van der Waals surface area contributed by atoms with Crippen LogP contribution in [0.3, 0.4) is 0 Å². The van der Waals surface area contributed by atoms with E-state index >= 15 is 0 Å². The van der Waals surface area contributed by atoms with Crippen molar-refractivity contribution in [2.45, 2.75) is 12.8 Å². The predicted octanol–water partition coefficient (Wildman–Crippen LogP) is 2.60. The number of hydrogen-bond donors (Lipinski definition) is 1. The van der Waals surface area contributed by atoms with Gasteiger partial charge in [-0.3, -0.25) is 4.79 Å². The van der Waals surface area contributed by atoms with Gasteiger partial charge in [0, 0.05) is 38.3 Å². The molecule has 2 aromatic carbocycles. The molecule has 4 heteroatoms. The third-order valence-corrected chi connectivity index (χ3v) is 4.79. The number of carbonyl (C=O) groups excluding carboxylic acids is 1. The number of unbranched alkanes of at least 4 members (excludes halogenated alkanes) is 1. The van der Waals surface area contributed by atoms with E-state index in [-0.39, 0.29) is 5.91 Å². The first-order chi connectivity index (χ1) is 11.7. The van der Waals surface area contributed by atoms with Gasteiger partial charge in [0.1, 0.15) is 0 Å². The third kappa shape index (κ3) is 4.56. The zero-order valence-corrected chi connectivity index (χ0v) is 14.5. The second kappa shape index (κ2) is 8.27. The fourth-order valence-electron chi connectivity index (χ4n) is 3.17. The molecule has 1 fully saturated rings. The van der Waals surface area contributed by atoms with Crippen molar-refractivity contribution in [1.29, 1.82) is 0 Å². The zero-order chi connectivity index (χ0) is 16.8. The van der Waals surface area contributed by atoms with Gasteiger partial charge in [0.15, 0.2) is 0 Å². The Morgan fingerprint density at radius 1 is 1.00 bits per heavy atom. The lowest BCUT2D eigenvalue weighted by Crippen LogP contribution is -2.44. The van der Waals surface area contributed by atoms with Crippen molar-refractivity contribution in [3.05, 3.63) is 48.0 Å². The molecule has 3 rings (SSSR count). The number of nitrogens with one attached hydrogen (secondary N) is 1. The van der Waals surface area contributed by atoms with Crippen LogP contribution in [-0.2, 0) is 0 Å². The summed E-state index contributed by atoms with van der Waals surface area (Å²) in [6, 6.07) is 14.0. The van der Waals surface area contributed by atoms with Gasteiger partial charge in [-0.05, 0) is 49.3 Å². The average Bonchev–Trinajstić information content (AvgIpc) is 2.62. The van der Waals surface area contributed by atoms with E-state index in [1.54, 1.807) is 0 Å². The maximum absolute atomic E-state index is 12.3. The molecule has 1 saturated heterocycles. The highest BCUT2D eigenvalue weighted by Crippen LogP contribution is 2.15. The number of benzene rings is 2. The van der Waals surface area contributed by atoms with E-state index in [2.05, 4.69) is 28.2 Å². The number of piperazine rings is 1. The van der Waals surface area contributed by atoms with Gasteiger partial charge in [0.2, 0.25) is 0 Å². The van der Waals surface area contributed by atoms with Gasteiger partial charge in [-0.25, -0.2) is 0 Å². The molecular formula is C20H27N3O. The van der Waals surface area contributed by atoms with E-state index in [0.717, 1.165) is 36.9 Å². The van der Waals surface area contributed by atoms with Gasteiger partial charge in [0.25, 0.3) is 5.91 Å². The molecule has 128 valence electrons. The molecule has 0 radical (unpaired) electrons. The summed E-state index contributed by atoms with van der Waals surface area (Å²) < 4.78 is 0. The van der Waals surface area contributed by atoms with Crippen molar-refractivity contribution in [1.82, 2.24) is 15.1 Å². The average molecular weight is 325 g/mol. The summed E-state index contributed by atoms with van der Waals surface area (Å²) in [4.78, 5) is 17.2. The first-order valence-electron chi connectivity index (χ1n) is 8.90. The molecule has 24 heavy (non-hydrogen) atoms. The minimum atomic E-state index is 0.0281. The maximum atomic E-state index is 12.3. The molecule has 0 unspecified atom stereocenters. The van der Waals surface area contributed by atoms with Crippen LogP contribution in [0.1, 0.15) is 23.2 Å². The lowest BCUT2D eigenvalue weighted by Gasteiger charge is -2.32.